The minimum atomic E-state index is -0.808. The number of nitrogens with zero attached hydrogens (tertiary/aromatic N) is 1. The molecule has 0 saturated heterocycles. The SMILES string of the molecule is N#Cc1cccc(CNc2ccc(F)c(C(N)=O)c2)c1. The van der Waals surface area contributed by atoms with E-state index in [9.17, 15) is 9.18 Å². The van der Waals surface area contributed by atoms with Gasteiger partial charge in [0.05, 0.1) is 17.2 Å². The Labute approximate surface area is 115 Å². The van der Waals surface area contributed by atoms with Gasteiger partial charge >= 0.3 is 0 Å². The maximum Gasteiger partial charge on any atom is 0.251 e. The van der Waals surface area contributed by atoms with E-state index in [1.54, 1.807) is 18.2 Å². The number of carbonyl (C=O) groups is 1. The standard InChI is InChI=1S/C15H12FN3O/c16-14-5-4-12(7-13(14)15(18)20)19-9-11-3-1-2-10(6-11)8-17/h1-7,19H,9H2,(H2,18,20). The quantitative estimate of drug-likeness (QED) is 0.894. The van der Waals surface area contributed by atoms with Gasteiger partial charge in [0.2, 0.25) is 0 Å². The maximum atomic E-state index is 13.3. The average Bonchev–Trinajstić information content (AvgIpc) is 2.46. The summed E-state index contributed by atoms with van der Waals surface area (Å²) in [6, 6.07) is 13.3. The number of nitrogens with two attached hydrogens (primary N) is 1. The number of benzene rings is 2. The maximum absolute atomic E-state index is 13.3. The zero-order valence-electron chi connectivity index (χ0n) is 10.6. The first-order chi connectivity index (χ1) is 9.60. The highest BCUT2D eigenvalue weighted by atomic mass is 19.1. The van der Waals surface area contributed by atoms with Crippen molar-refractivity contribution in [1.29, 1.82) is 5.26 Å². The van der Waals surface area contributed by atoms with Crippen LogP contribution in [0.15, 0.2) is 42.5 Å². The van der Waals surface area contributed by atoms with Gasteiger partial charge in [-0.05, 0) is 35.9 Å². The van der Waals surface area contributed by atoms with E-state index in [1.807, 2.05) is 6.07 Å². The summed E-state index contributed by atoms with van der Waals surface area (Å²) in [5.41, 5.74) is 7.00. The van der Waals surface area contributed by atoms with Crippen LogP contribution in [-0.2, 0) is 6.54 Å². The Morgan fingerprint density at radius 3 is 2.80 bits per heavy atom. The van der Waals surface area contributed by atoms with Gasteiger partial charge < -0.3 is 11.1 Å². The largest absolute Gasteiger partial charge is 0.381 e. The Morgan fingerprint density at radius 1 is 1.30 bits per heavy atom. The molecular formula is C15H12FN3O. The van der Waals surface area contributed by atoms with E-state index in [2.05, 4.69) is 11.4 Å². The van der Waals surface area contributed by atoms with Crippen LogP contribution >= 0.6 is 0 Å². The molecule has 0 unspecified atom stereocenters. The minimum Gasteiger partial charge on any atom is -0.381 e. The lowest BCUT2D eigenvalue weighted by molar-refractivity contribution is 0.0996. The van der Waals surface area contributed by atoms with Gasteiger partial charge in [-0.1, -0.05) is 12.1 Å². The number of hydrogen-bond donors (Lipinski definition) is 2. The van der Waals surface area contributed by atoms with Crippen molar-refractivity contribution in [1.82, 2.24) is 0 Å². The summed E-state index contributed by atoms with van der Waals surface area (Å²) in [6.45, 7) is 0.458. The summed E-state index contributed by atoms with van der Waals surface area (Å²) in [4.78, 5) is 11.1. The lowest BCUT2D eigenvalue weighted by atomic mass is 10.1. The van der Waals surface area contributed by atoms with Crippen molar-refractivity contribution in [2.45, 2.75) is 6.54 Å². The summed E-state index contributed by atoms with van der Waals surface area (Å²) in [7, 11) is 0. The molecule has 1 amide bonds. The van der Waals surface area contributed by atoms with Crippen LogP contribution in [0.5, 0.6) is 0 Å². The zero-order valence-corrected chi connectivity index (χ0v) is 10.6. The Bertz CT molecular complexity index is 692. The van der Waals surface area contributed by atoms with Gasteiger partial charge in [0.15, 0.2) is 0 Å². The van der Waals surface area contributed by atoms with Crippen LogP contribution in [-0.4, -0.2) is 5.91 Å². The molecule has 0 heterocycles. The van der Waals surface area contributed by atoms with Crippen LogP contribution in [0, 0.1) is 17.1 Å². The smallest absolute Gasteiger partial charge is 0.251 e. The molecule has 0 aliphatic heterocycles. The molecule has 0 spiro atoms. The van der Waals surface area contributed by atoms with Gasteiger partial charge in [0.25, 0.3) is 5.91 Å². The summed E-state index contributed by atoms with van der Waals surface area (Å²) >= 11 is 0. The molecule has 4 nitrogen and oxygen atoms in total. The van der Waals surface area contributed by atoms with E-state index in [1.165, 1.54) is 18.2 Å². The Hall–Kier alpha value is -2.87. The third kappa shape index (κ3) is 3.12. The highest BCUT2D eigenvalue weighted by Crippen LogP contribution is 2.15. The third-order valence-corrected chi connectivity index (χ3v) is 2.78. The number of rotatable bonds is 4. The highest BCUT2D eigenvalue weighted by Gasteiger charge is 2.08. The predicted octanol–water partition coefficient (Wildman–Crippen LogP) is 2.41. The molecule has 100 valence electrons. The molecule has 0 radical (unpaired) electrons. The van der Waals surface area contributed by atoms with Gasteiger partial charge in [-0.25, -0.2) is 4.39 Å². The fourth-order valence-corrected chi connectivity index (χ4v) is 1.78. The second-order valence-corrected chi connectivity index (χ2v) is 4.22. The topological polar surface area (TPSA) is 78.9 Å². The van der Waals surface area contributed by atoms with Crippen molar-refractivity contribution in [3.05, 3.63) is 65.0 Å². The second-order valence-electron chi connectivity index (χ2n) is 4.22. The first-order valence-electron chi connectivity index (χ1n) is 5.92. The Kier molecular flexibility index (Phi) is 3.96. The molecule has 0 aliphatic carbocycles. The van der Waals surface area contributed by atoms with Crippen LogP contribution in [0.25, 0.3) is 0 Å². The van der Waals surface area contributed by atoms with Gasteiger partial charge in [0.1, 0.15) is 5.82 Å². The number of primary amides is 1. The summed E-state index contributed by atoms with van der Waals surface area (Å²) in [5.74, 6) is -1.45. The number of amides is 1. The van der Waals surface area contributed by atoms with Crippen LogP contribution < -0.4 is 11.1 Å². The van der Waals surface area contributed by atoms with Gasteiger partial charge in [0, 0.05) is 12.2 Å². The summed E-state index contributed by atoms with van der Waals surface area (Å²) in [5, 5.41) is 11.9. The minimum absolute atomic E-state index is 0.152. The fraction of sp³-hybridized carbons (Fsp3) is 0.0667. The molecule has 0 atom stereocenters. The van der Waals surface area contributed by atoms with Crippen molar-refractivity contribution in [3.63, 3.8) is 0 Å². The number of hydrogen-bond acceptors (Lipinski definition) is 3. The van der Waals surface area contributed by atoms with E-state index < -0.39 is 11.7 Å². The normalized spacial score (nSPS) is 9.80. The van der Waals surface area contributed by atoms with Gasteiger partial charge in [-0.2, -0.15) is 5.26 Å². The second kappa shape index (κ2) is 5.85. The van der Waals surface area contributed by atoms with Crippen LogP contribution in [0.1, 0.15) is 21.5 Å². The van der Waals surface area contributed by atoms with E-state index in [0.29, 0.717) is 17.8 Å². The molecule has 0 fully saturated rings. The molecular weight excluding hydrogens is 257 g/mol. The molecule has 3 N–H and O–H groups in total. The van der Waals surface area contributed by atoms with Gasteiger partial charge in [-0.3, -0.25) is 4.79 Å². The first-order valence-corrected chi connectivity index (χ1v) is 5.92. The van der Waals surface area contributed by atoms with Crippen molar-refractivity contribution in [3.8, 4) is 6.07 Å². The molecule has 0 saturated carbocycles. The molecule has 20 heavy (non-hydrogen) atoms. The summed E-state index contributed by atoms with van der Waals surface area (Å²) < 4.78 is 13.3. The lowest BCUT2D eigenvalue weighted by Crippen LogP contribution is -2.13. The van der Waals surface area contributed by atoms with E-state index >= 15 is 0 Å². The molecule has 2 aromatic carbocycles. The highest BCUT2D eigenvalue weighted by molar-refractivity contribution is 5.94. The van der Waals surface area contributed by atoms with E-state index in [-0.39, 0.29) is 5.56 Å². The zero-order chi connectivity index (χ0) is 14.5. The Balaban J connectivity index is 2.13. The number of nitrogens with one attached hydrogen (secondary N) is 1. The van der Waals surface area contributed by atoms with Gasteiger partial charge in [-0.15, -0.1) is 0 Å². The van der Waals surface area contributed by atoms with Crippen LogP contribution in [0.3, 0.4) is 0 Å². The van der Waals surface area contributed by atoms with E-state index in [4.69, 9.17) is 11.0 Å². The molecule has 2 aromatic rings. The van der Waals surface area contributed by atoms with Crippen molar-refractivity contribution in [2.75, 3.05) is 5.32 Å². The number of halogens is 1. The molecule has 0 aromatic heterocycles. The Morgan fingerprint density at radius 2 is 2.10 bits per heavy atom. The number of anilines is 1. The monoisotopic (exact) mass is 269 g/mol. The van der Waals surface area contributed by atoms with E-state index in [0.717, 1.165) is 5.56 Å². The van der Waals surface area contributed by atoms with Crippen molar-refractivity contribution >= 4 is 11.6 Å². The molecule has 0 bridgehead atoms. The molecule has 2 rings (SSSR count). The number of carbonyl (C=O) groups excluding carboxylic acids is 1. The molecule has 5 heteroatoms. The van der Waals surface area contributed by atoms with Crippen molar-refractivity contribution in [2.24, 2.45) is 5.73 Å². The first kappa shape index (κ1) is 13.6. The fourth-order valence-electron chi connectivity index (χ4n) is 1.78. The lowest BCUT2D eigenvalue weighted by Gasteiger charge is -2.08. The van der Waals surface area contributed by atoms with Crippen LogP contribution in [0.2, 0.25) is 0 Å². The molecule has 0 aliphatic rings. The number of nitriles is 1. The van der Waals surface area contributed by atoms with Crippen LogP contribution in [0.4, 0.5) is 10.1 Å². The third-order valence-electron chi connectivity index (χ3n) is 2.78. The summed E-state index contributed by atoms with van der Waals surface area (Å²) in [6.07, 6.45) is 0. The van der Waals surface area contributed by atoms with Crippen molar-refractivity contribution < 1.29 is 9.18 Å². The average molecular weight is 269 g/mol. The predicted molar refractivity (Wildman–Crippen MR) is 73.4 cm³/mol.